The monoisotopic (exact) mass is 279 g/mol. The van der Waals surface area contributed by atoms with E-state index in [2.05, 4.69) is 0 Å². The SMILES string of the molecule is N#C[C@@H]1C(=O)NC(=O)[C@@H](C#N)C1C(Cl)(Cl)Cl. The molecule has 2 atom stereocenters. The summed E-state index contributed by atoms with van der Waals surface area (Å²) in [6, 6.07) is 3.25. The lowest BCUT2D eigenvalue weighted by Crippen LogP contribution is -2.54. The lowest BCUT2D eigenvalue weighted by molar-refractivity contribution is -0.139. The Bertz CT molecular complexity index is 386. The van der Waals surface area contributed by atoms with Gasteiger partial charge in [0.15, 0.2) is 3.79 Å². The molecule has 8 heteroatoms. The van der Waals surface area contributed by atoms with E-state index >= 15 is 0 Å². The first kappa shape index (κ1) is 13.1. The van der Waals surface area contributed by atoms with Gasteiger partial charge in [-0.1, -0.05) is 34.8 Å². The first-order chi connectivity index (χ1) is 7.32. The van der Waals surface area contributed by atoms with Crippen molar-refractivity contribution < 1.29 is 9.59 Å². The Morgan fingerprint density at radius 3 is 1.69 bits per heavy atom. The molecule has 1 aliphatic heterocycles. The summed E-state index contributed by atoms with van der Waals surface area (Å²) in [6.07, 6.45) is 0. The van der Waals surface area contributed by atoms with E-state index in [1.165, 1.54) is 0 Å². The maximum absolute atomic E-state index is 11.3. The third-order valence-electron chi connectivity index (χ3n) is 2.19. The molecule has 5 nitrogen and oxygen atoms in total. The van der Waals surface area contributed by atoms with E-state index in [1.807, 2.05) is 5.32 Å². The number of nitriles is 2. The normalized spacial score (nSPS) is 26.8. The number of hydrogen-bond donors (Lipinski definition) is 1. The number of nitrogens with one attached hydrogen (secondary N) is 1. The van der Waals surface area contributed by atoms with Crippen LogP contribution in [0.15, 0.2) is 0 Å². The van der Waals surface area contributed by atoms with Crippen molar-refractivity contribution in [3.63, 3.8) is 0 Å². The number of hydrogen-bond acceptors (Lipinski definition) is 4. The summed E-state index contributed by atoms with van der Waals surface area (Å²) in [5.74, 6) is -5.65. The zero-order chi connectivity index (χ0) is 12.5. The number of halogens is 3. The van der Waals surface area contributed by atoms with Gasteiger partial charge in [0.25, 0.3) is 0 Å². The molecule has 1 N–H and O–H groups in total. The number of carbonyl (C=O) groups is 2. The van der Waals surface area contributed by atoms with Crippen molar-refractivity contribution in [2.24, 2.45) is 17.8 Å². The predicted molar refractivity (Wildman–Crippen MR) is 55.1 cm³/mol. The molecule has 0 aliphatic carbocycles. The minimum absolute atomic E-state index is 0.852. The van der Waals surface area contributed by atoms with Crippen LogP contribution in [0, 0.1) is 40.4 Å². The van der Waals surface area contributed by atoms with Gasteiger partial charge in [0.1, 0.15) is 11.8 Å². The van der Waals surface area contributed by atoms with E-state index in [0.717, 1.165) is 0 Å². The van der Waals surface area contributed by atoms with E-state index in [9.17, 15) is 9.59 Å². The first-order valence-corrected chi connectivity index (χ1v) is 5.17. The van der Waals surface area contributed by atoms with Gasteiger partial charge in [-0.15, -0.1) is 0 Å². The molecule has 0 saturated carbocycles. The van der Waals surface area contributed by atoms with Gasteiger partial charge in [-0.2, -0.15) is 10.5 Å². The Labute approximate surface area is 106 Å². The van der Waals surface area contributed by atoms with Crippen LogP contribution in [0.25, 0.3) is 0 Å². The lowest BCUT2D eigenvalue weighted by atomic mass is 9.79. The Hall–Kier alpha value is -1.01. The van der Waals surface area contributed by atoms with Crippen LogP contribution in [0.3, 0.4) is 0 Å². The predicted octanol–water partition coefficient (Wildman–Crippen LogP) is 0.909. The van der Waals surface area contributed by atoms with Gasteiger partial charge in [-0.3, -0.25) is 14.9 Å². The van der Waals surface area contributed by atoms with Crippen molar-refractivity contribution in [3.8, 4) is 12.1 Å². The zero-order valence-corrected chi connectivity index (χ0v) is 9.84. The molecule has 0 radical (unpaired) electrons. The summed E-state index contributed by atoms with van der Waals surface area (Å²) in [5.41, 5.74) is 0. The van der Waals surface area contributed by atoms with E-state index < -0.39 is 33.4 Å². The molecule has 1 rings (SSSR count). The molecule has 0 aromatic carbocycles. The van der Waals surface area contributed by atoms with Gasteiger partial charge in [0.2, 0.25) is 11.8 Å². The van der Waals surface area contributed by atoms with E-state index in [4.69, 9.17) is 45.3 Å². The lowest BCUT2D eigenvalue weighted by Gasteiger charge is -2.33. The second-order valence-corrected chi connectivity index (χ2v) is 5.50. The van der Waals surface area contributed by atoms with Crippen LogP contribution >= 0.6 is 34.8 Å². The van der Waals surface area contributed by atoms with Gasteiger partial charge < -0.3 is 0 Å². The van der Waals surface area contributed by atoms with Crippen LogP contribution in [0.2, 0.25) is 0 Å². The highest BCUT2D eigenvalue weighted by atomic mass is 35.6. The molecule has 16 heavy (non-hydrogen) atoms. The third kappa shape index (κ3) is 2.22. The number of nitrogens with zero attached hydrogens (tertiary/aromatic N) is 2. The Balaban J connectivity index is 3.23. The highest BCUT2D eigenvalue weighted by molar-refractivity contribution is 6.68. The Morgan fingerprint density at radius 2 is 1.44 bits per heavy atom. The average Bonchev–Trinajstić information content (AvgIpc) is 2.15. The van der Waals surface area contributed by atoms with Gasteiger partial charge in [0.05, 0.1) is 18.1 Å². The van der Waals surface area contributed by atoms with Crippen LogP contribution in [-0.4, -0.2) is 15.6 Å². The molecular formula is C8H4Cl3N3O2. The molecule has 0 bridgehead atoms. The smallest absolute Gasteiger partial charge is 0.244 e. The number of piperidine rings is 1. The number of carbonyl (C=O) groups excluding carboxylic acids is 2. The van der Waals surface area contributed by atoms with Crippen molar-refractivity contribution in [3.05, 3.63) is 0 Å². The molecule has 0 aromatic rings. The highest BCUT2D eigenvalue weighted by Crippen LogP contribution is 2.45. The summed E-state index contributed by atoms with van der Waals surface area (Å²) in [6.45, 7) is 0. The standard InChI is InChI=1S/C8H4Cl3N3O2/c9-8(10,11)5-3(1-12)6(15)14-7(16)4(5)2-13/h3-5H,(H,14,15,16)/t3-,4-/m0/s1. The molecule has 84 valence electrons. The third-order valence-corrected chi connectivity index (χ3v) is 2.94. The highest BCUT2D eigenvalue weighted by Gasteiger charge is 2.53. The van der Waals surface area contributed by atoms with Gasteiger partial charge >= 0.3 is 0 Å². The summed E-state index contributed by atoms with van der Waals surface area (Å²) in [7, 11) is 0. The summed E-state index contributed by atoms with van der Waals surface area (Å²) >= 11 is 16.8. The average molecular weight is 280 g/mol. The maximum atomic E-state index is 11.3. The molecule has 1 saturated heterocycles. The van der Waals surface area contributed by atoms with Crippen LogP contribution in [0.5, 0.6) is 0 Å². The topological polar surface area (TPSA) is 93.8 Å². The van der Waals surface area contributed by atoms with Gasteiger partial charge in [-0.05, 0) is 0 Å². The van der Waals surface area contributed by atoms with E-state index in [-0.39, 0.29) is 0 Å². The van der Waals surface area contributed by atoms with Crippen LogP contribution in [0.4, 0.5) is 0 Å². The first-order valence-electron chi connectivity index (χ1n) is 4.03. The molecule has 2 amide bonds. The summed E-state index contributed by atoms with van der Waals surface area (Å²) in [5, 5.41) is 19.5. The minimum atomic E-state index is -2.03. The molecular weight excluding hydrogens is 276 g/mol. The van der Waals surface area contributed by atoms with Crippen LogP contribution in [-0.2, 0) is 9.59 Å². The molecule has 1 heterocycles. The van der Waals surface area contributed by atoms with Gasteiger partial charge in [-0.25, -0.2) is 0 Å². The van der Waals surface area contributed by atoms with Gasteiger partial charge in [0, 0.05) is 0 Å². The largest absolute Gasteiger partial charge is 0.294 e. The number of rotatable bonds is 0. The summed E-state index contributed by atoms with van der Waals surface area (Å²) < 4.78 is -2.03. The number of alkyl halides is 3. The Morgan fingerprint density at radius 1 is 1.06 bits per heavy atom. The number of amides is 2. The minimum Gasteiger partial charge on any atom is -0.294 e. The fourth-order valence-corrected chi connectivity index (χ4v) is 2.21. The maximum Gasteiger partial charge on any atom is 0.244 e. The van der Waals surface area contributed by atoms with Crippen molar-refractivity contribution >= 4 is 46.6 Å². The zero-order valence-electron chi connectivity index (χ0n) is 7.58. The number of imide groups is 1. The second-order valence-electron chi connectivity index (χ2n) is 3.13. The molecule has 1 aliphatic rings. The van der Waals surface area contributed by atoms with Crippen molar-refractivity contribution in [2.75, 3.05) is 0 Å². The fraction of sp³-hybridized carbons (Fsp3) is 0.500. The molecule has 0 spiro atoms. The van der Waals surface area contributed by atoms with Crippen LogP contribution in [0.1, 0.15) is 0 Å². The quantitative estimate of drug-likeness (QED) is 0.527. The molecule has 1 fully saturated rings. The van der Waals surface area contributed by atoms with E-state index in [0.29, 0.717) is 0 Å². The molecule has 0 unspecified atom stereocenters. The van der Waals surface area contributed by atoms with Crippen molar-refractivity contribution in [1.82, 2.24) is 5.32 Å². The van der Waals surface area contributed by atoms with Crippen LogP contribution < -0.4 is 5.32 Å². The van der Waals surface area contributed by atoms with E-state index in [1.54, 1.807) is 12.1 Å². The Kier molecular flexibility index (Phi) is 3.64. The second kappa shape index (κ2) is 4.47. The van der Waals surface area contributed by atoms with Crippen molar-refractivity contribution in [2.45, 2.75) is 3.79 Å². The molecule has 0 aromatic heterocycles. The van der Waals surface area contributed by atoms with Crippen molar-refractivity contribution in [1.29, 1.82) is 10.5 Å². The summed E-state index contributed by atoms with van der Waals surface area (Å²) in [4.78, 5) is 22.6. The fourth-order valence-electron chi connectivity index (χ4n) is 1.45.